The fourth-order valence-corrected chi connectivity index (χ4v) is 3.74. The number of piperidine rings is 1. The lowest BCUT2D eigenvalue weighted by Crippen LogP contribution is -2.49. The summed E-state index contributed by atoms with van der Waals surface area (Å²) in [5, 5.41) is 17.2. The first-order valence-electron chi connectivity index (χ1n) is 9.26. The number of anilines is 1. The second-order valence-corrected chi connectivity index (χ2v) is 7.48. The average molecular weight is 394 g/mol. The van der Waals surface area contributed by atoms with E-state index < -0.39 is 23.4 Å². The first kappa shape index (κ1) is 18.8. The number of alkyl halides is 3. The SMILES string of the molecule is O=C(Nc1cc(C(F)(F)F)ccc1-n1cccn1)N1CCC(O)(C2CC2)CC1. The second-order valence-electron chi connectivity index (χ2n) is 7.48. The Hall–Kier alpha value is -2.55. The maximum Gasteiger partial charge on any atom is 0.416 e. The average Bonchev–Trinajstić information content (AvgIpc) is 3.38. The molecule has 150 valence electrons. The van der Waals surface area contributed by atoms with Gasteiger partial charge in [0, 0.05) is 25.5 Å². The number of benzene rings is 1. The highest BCUT2D eigenvalue weighted by Crippen LogP contribution is 2.45. The largest absolute Gasteiger partial charge is 0.416 e. The van der Waals surface area contributed by atoms with Crippen molar-refractivity contribution in [1.29, 1.82) is 0 Å². The van der Waals surface area contributed by atoms with Crippen LogP contribution < -0.4 is 5.32 Å². The lowest BCUT2D eigenvalue weighted by molar-refractivity contribution is -0.137. The van der Waals surface area contributed by atoms with Crippen molar-refractivity contribution >= 4 is 11.7 Å². The molecule has 0 atom stereocenters. The summed E-state index contributed by atoms with van der Waals surface area (Å²) in [6.07, 6.45) is 1.58. The van der Waals surface area contributed by atoms with E-state index in [1.54, 1.807) is 12.3 Å². The van der Waals surface area contributed by atoms with Gasteiger partial charge in [0.25, 0.3) is 0 Å². The maximum absolute atomic E-state index is 13.1. The molecule has 2 heterocycles. The van der Waals surface area contributed by atoms with Gasteiger partial charge in [-0.2, -0.15) is 18.3 Å². The predicted octanol–water partition coefficient (Wildman–Crippen LogP) is 3.66. The van der Waals surface area contributed by atoms with Crippen LogP contribution in [0.3, 0.4) is 0 Å². The molecule has 1 aromatic heterocycles. The van der Waals surface area contributed by atoms with E-state index in [2.05, 4.69) is 10.4 Å². The van der Waals surface area contributed by atoms with Gasteiger partial charge < -0.3 is 15.3 Å². The van der Waals surface area contributed by atoms with Gasteiger partial charge >= 0.3 is 12.2 Å². The third kappa shape index (κ3) is 3.71. The quantitative estimate of drug-likeness (QED) is 0.835. The zero-order chi connectivity index (χ0) is 19.9. The Labute approximate surface area is 159 Å². The van der Waals surface area contributed by atoms with Gasteiger partial charge in [-0.1, -0.05) is 0 Å². The molecule has 6 nitrogen and oxygen atoms in total. The van der Waals surface area contributed by atoms with Crippen molar-refractivity contribution in [2.75, 3.05) is 18.4 Å². The summed E-state index contributed by atoms with van der Waals surface area (Å²) in [6.45, 7) is 0.740. The van der Waals surface area contributed by atoms with E-state index in [1.165, 1.54) is 21.8 Å². The molecule has 1 aliphatic heterocycles. The highest BCUT2D eigenvalue weighted by molar-refractivity contribution is 5.91. The van der Waals surface area contributed by atoms with Crippen LogP contribution in [0.4, 0.5) is 23.7 Å². The zero-order valence-corrected chi connectivity index (χ0v) is 15.1. The number of carbonyl (C=O) groups is 1. The number of aliphatic hydroxyl groups is 1. The van der Waals surface area contributed by atoms with E-state index in [0.717, 1.165) is 25.0 Å². The van der Waals surface area contributed by atoms with Crippen molar-refractivity contribution in [2.24, 2.45) is 5.92 Å². The van der Waals surface area contributed by atoms with E-state index in [4.69, 9.17) is 0 Å². The van der Waals surface area contributed by atoms with Gasteiger partial charge in [-0.05, 0) is 55.9 Å². The zero-order valence-electron chi connectivity index (χ0n) is 15.1. The van der Waals surface area contributed by atoms with Crippen molar-refractivity contribution in [1.82, 2.24) is 14.7 Å². The van der Waals surface area contributed by atoms with Gasteiger partial charge in [0.05, 0.1) is 22.5 Å². The summed E-state index contributed by atoms with van der Waals surface area (Å²) in [4.78, 5) is 14.2. The van der Waals surface area contributed by atoms with Crippen LogP contribution in [-0.4, -0.2) is 44.5 Å². The normalized spacial score (nSPS) is 19.5. The number of likely N-dealkylation sites (tertiary alicyclic amines) is 1. The molecule has 4 rings (SSSR count). The van der Waals surface area contributed by atoms with Gasteiger partial charge in [-0.15, -0.1) is 0 Å². The summed E-state index contributed by atoms with van der Waals surface area (Å²) in [5.41, 5.74) is -1.18. The fourth-order valence-electron chi connectivity index (χ4n) is 3.74. The minimum atomic E-state index is -4.52. The van der Waals surface area contributed by atoms with Crippen molar-refractivity contribution in [3.63, 3.8) is 0 Å². The Morgan fingerprint density at radius 2 is 1.96 bits per heavy atom. The Morgan fingerprint density at radius 3 is 2.54 bits per heavy atom. The molecule has 0 spiro atoms. The molecule has 2 fully saturated rings. The lowest BCUT2D eigenvalue weighted by atomic mass is 9.87. The number of aromatic nitrogens is 2. The molecule has 1 aromatic carbocycles. The minimum Gasteiger partial charge on any atom is -0.389 e. The van der Waals surface area contributed by atoms with E-state index in [-0.39, 0.29) is 5.69 Å². The van der Waals surface area contributed by atoms with Crippen molar-refractivity contribution < 1.29 is 23.1 Å². The van der Waals surface area contributed by atoms with Crippen molar-refractivity contribution in [3.05, 3.63) is 42.2 Å². The molecule has 9 heteroatoms. The van der Waals surface area contributed by atoms with Crippen molar-refractivity contribution in [3.8, 4) is 5.69 Å². The number of urea groups is 1. The number of carbonyl (C=O) groups excluding carboxylic acids is 1. The Kier molecular flexibility index (Phi) is 4.57. The summed E-state index contributed by atoms with van der Waals surface area (Å²) in [7, 11) is 0. The Balaban J connectivity index is 1.53. The number of halogens is 3. The number of nitrogens with one attached hydrogen (secondary N) is 1. The minimum absolute atomic E-state index is 0.0338. The van der Waals surface area contributed by atoms with Crippen LogP contribution >= 0.6 is 0 Å². The molecule has 1 saturated heterocycles. The van der Waals surface area contributed by atoms with Crippen LogP contribution in [-0.2, 0) is 6.18 Å². The highest BCUT2D eigenvalue weighted by Gasteiger charge is 2.46. The number of hydrogen-bond donors (Lipinski definition) is 2. The van der Waals surface area contributed by atoms with Gasteiger partial charge in [0.2, 0.25) is 0 Å². The molecule has 28 heavy (non-hydrogen) atoms. The first-order valence-corrected chi connectivity index (χ1v) is 9.26. The summed E-state index contributed by atoms with van der Waals surface area (Å²) >= 11 is 0. The monoisotopic (exact) mass is 394 g/mol. The smallest absolute Gasteiger partial charge is 0.389 e. The second kappa shape index (κ2) is 6.80. The highest BCUT2D eigenvalue weighted by atomic mass is 19.4. The number of hydrogen-bond acceptors (Lipinski definition) is 3. The van der Waals surface area contributed by atoms with Gasteiger partial charge in [-0.3, -0.25) is 0 Å². The third-order valence-electron chi connectivity index (χ3n) is 5.57. The molecule has 2 N–H and O–H groups in total. The maximum atomic E-state index is 13.1. The standard InChI is InChI=1S/C19H21F3N4O2/c20-19(21,22)14-4-5-16(26-9-1-8-23-26)15(12-14)24-17(27)25-10-6-18(28,7-11-25)13-2-3-13/h1,4-5,8-9,12-13,28H,2-3,6-7,10-11H2,(H,24,27). The van der Waals surface area contributed by atoms with Gasteiger partial charge in [-0.25, -0.2) is 9.48 Å². The topological polar surface area (TPSA) is 70.4 Å². The number of amides is 2. The molecule has 2 aromatic rings. The Morgan fingerprint density at radius 1 is 1.25 bits per heavy atom. The van der Waals surface area contributed by atoms with Crippen LogP contribution in [0, 0.1) is 5.92 Å². The predicted molar refractivity (Wildman–Crippen MR) is 96.1 cm³/mol. The van der Waals surface area contributed by atoms with Crippen molar-refractivity contribution in [2.45, 2.75) is 37.5 Å². The number of rotatable bonds is 3. The third-order valence-corrected chi connectivity index (χ3v) is 5.57. The molecule has 1 saturated carbocycles. The molecule has 2 amide bonds. The summed E-state index contributed by atoms with van der Waals surface area (Å²) in [6, 6.07) is 4.33. The van der Waals surface area contributed by atoms with Crippen LogP contribution in [0.2, 0.25) is 0 Å². The van der Waals surface area contributed by atoms with Crippen LogP contribution in [0.25, 0.3) is 5.69 Å². The summed E-state index contributed by atoms with van der Waals surface area (Å²) in [5.74, 6) is 0.313. The van der Waals surface area contributed by atoms with Crippen LogP contribution in [0.1, 0.15) is 31.2 Å². The van der Waals surface area contributed by atoms with Gasteiger partial charge in [0.1, 0.15) is 0 Å². The van der Waals surface area contributed by atoms with E-state index >= 15 is 0 Å². The molecule has 0 unspecified atom stereocenters. The van der Waals surface area contributed by atoms with E-state index in [1.807, 2.05) is 0 Å². The molecule has 1 aliphatic carbocycles. The van der Waals surface area contributed by atoms with Crippen LogP contribution in [0.5, 0.6) is 0 Å². The van der Waals surface area contributed by atoms with Crippen LogP contribution in [0.15, 0.2) is 36.7 Å². The fraction of sp³-hybridized carbons (Fsp3) is 0.474. The van der Waals surface area contributed by atoms with E-state index in [0.29, 0.717) is 37.5 Å². The molecular formula is C19H21F3N4O2. The van der Waals surface area contributed by atoms with Gasteiger partial charge in [0.15, 0.2) is 0 Å². The molecule has 2 aliphatic rings. The lowest BCUT2D eigenvalue weighted by Gasteiger charge is -2.38. The molecule has 0 bridgehead atoms. The summed E-state index contributed by atoms with van der Waals surface area (Å²) < 4.78 is 40.8. The molecule has 0 radical (unpaired) electrons. The Bertz CT molecular complexity index is 855. The van der Waals surface area contributed by atoms with E-state index in [9.17, 15) is 23.1 Å². The number of nitrogens with zero attached hydrogens (tertiary/aromatic N) is 3. The first-order chi connectivity index (χ1) is 13.3. The molecular weight excluding hydrogens is 373 g/mol.